The molecule has 2 unspecified atom stereocenters. The van der Waals surface area contributed by atoms with Gasteiger partial charge in [0.1, 0.15) is 5.82 Å². The molecule has 0 amide bonds. The van der Waals surface area contributed by atoms with Crippen LogP contribution in [0.1, 0.15) is 53.5 Å². The molecule has 2 atom stereocenters. The van der Waals surface area contributed by atoms with Gasteiger partial charge in [-0.25, -0.2) is 23.2 Å². The van der Waals surface area contributed by atoms with Crippen LogP contribution in [0.2, 0.25) is 0 Å². The number of aromatic nitrogens is 3. The lowest BCUT2D eigenvalue weighted by molar-refractivity contribution is 0.0691. The van der Waals surface area contributed by atoms with E-state index in [1.807, 2.05) is 44.2 Å². The van der Waals surface area contributed by atoms with E-state index in [2.05, 4.69) is 4.98 Å². The van der Waals surface area contributed by atoms with Gasteiger partial charge in [0, 0.05) is 22.9 Å². The zero-order valence-electron chi connectivity index (χ0n) is 22.2. The van der Waals surface area contributed by atoms with Crippen molar-refractivity contribution in [1.82, 2.24) is 14.8 Å². The maximum atomic E-state index is 14.8. The second-order valence-corrected chi connectivity index (χ2v) is 11.5. The quantitative estimate of drug-likeness (QED) is 0.183. The molecule has 0 saturated heterocycles. The van der Waals surface area contributed by atoms with E-state index in [4.69, 9.17) is 10.2 Å². The Labute approximate surface area is 242 Å². The van der Waals surface area contributed by atoms with Gasteiger partial charge in [0.25, 0.3) is 0 Å². The Bertz CT molecular complexity index is 1730. The summed E-state index contributed by atoms with van der Waals surface area (Å²) in [6, 6.07) is 18.3. The largest absolute Gasteiger partial charge is 0.593 e. The molecule has 2 aromatic heterocycles. The average molecular weight is 593 g/mol. The van der Waals surface area contributed by atoms with Gasteiger partial charge in [0.05, 0.1) is 22.7 Å². The summed E-state index contributed by atoms with van der Waals surface area (Å²) < 4.78 is 42.2. The first-order valence-electron chi connectivity index (χ1n) is 12.8. The van der Waals surface area contributed by atoms with Crippen molar-refractivity contribution >= 4 is 28.7 Å². The molecule has 0 spiro atoms. The minimum atomic E-state index is -1.96. The van der Waals surface area contributed by atoms with E-state index in [-0.39, 0.29) is 28.7 Å². The van der Waals surface area contributed by atoms with Crippen molar-refractivity contribution in [2.45, 2.75) is 37.5 Å². The Hall–Kier alpha value is -3.90. The van der Waals surface area contributed by atoms with Crippen LogP contribution in [0.5, 0.6) is 0 Å². The van der Waals surface area contributed by atoms with E-state index in [1.54, 1.807) is 16.8 Å². The van der Waals surface area contributed by atoms with Crippen LogP contribution in [0, 0.1) is 11.6 Å². The van der Waals surface area contributed by atoms with E-state index in [0.29, 0.717) is 22.0 Å². The van der Waals surface area contributed by atoms with Crippen LogP contribution in [0.4, 0.5) is 8.78 Å². The summed E-state index contributed by atoms with van der Waals surface area (Å²) in [5.74, 6) is -2.17. The fourth-order valence-corrected chi connectivity index (χ4v) is 5.92. The molecule has 0 bridgehead atoms. The number of benzene rings is 3. The number of carboxylic acids is 1. The highest BCUT2D eigenvalue weighted by Crippen LogP contribution is 2.37. The molecule has 0 aliphatic carbocycles. The van der Waals surface area contributed by atoms with Gasteiger partial charge in [0.2, 0.25) is 10.0 Å². The van der Waals surface area contributed by atoms with Crippen molar-refractivity contribution < 1.29 is 23.2 Å². The van der Waals surface area contributed by atoms with Gasteiger partial charge in [-0.15, -0.1) is 16.5 Å². The number of aromatic carboxylic acids is 1. The van der Waals surface area contributed by atoms with Crippen molar-refractivity contribution in [3.8, 4) is 27.5 Å². The molecule has 210 valence electrons. The van der Waals surface area contributed by atoms with Crippen molar-refractivity contribution in [3.05, 3.63) is 106 Å². The number of carboxylic acid groups (broad SMARTS) is 1. The van der Waals surface area contributed by atoms with E-state index in [1.165, 1.54) is 29.6 Å². The third-order valence-corrected chi connectivity index (χ3v) is 8.46. The monoisotopic (exact) mass is 592 g/mol. The first kappa shape index (κ1) is 28.6. The van der Waals surface area contributed by atoms with E-state index in [0.717, 1.165) is 40.1 Å². The summed E-state index contributed by atoms with van der Waals surface area (Å²) in [7, 11) is 0. The predicted molar refractivity (Wildman–Crippen MR) is 156 cm³/mol. The lowest BCUT2D eigenvalue weighted by Crippen LogP contribution is -2.14. The standard InChI is InChI=1S/C30H26F2N4O3S2/c1-3-17(2)28-23(12-18-10-11-26(41(33)39)24(32)13-18)27(35-36(28)30-34-25(16-40-30)29(37)38)21-8-4-6-19(14-21)20-7-5-9-22(31)15-20/h4-11,13-17H,3,12,33H2,1-2H3,(H,37,38). The number of hydrogen-bond acceptors (Lipinski definition) is 6. The molecule has 5 aromatic rings. The van der Waals surface area contributed by atoms with Crippen molar-refractivity contribution in [3.63, 3.8) is 0 Å². The van der Waals surface area contributed by atoms with Gasteiger partial charge in [-0.05, 0) is 59.4 Å². The van der Waals surface area contributed by atoms with E-state index >= 15 is 0 Å². The molecule has 2 heterocycles. The zero-order chi connectivity index (χ0) is 29.3. The van der Waals surface area contributed by atoms with Gasteiger partial charge >= 0.3 is 5.97 Å². The Morgan fingerprint density at radius 3 is 2.44 bits per heavy atom. The molecule has 0 saturated carbocycles. The number of hydrogen-bond donors (Lipinski definition) is 2. The lowest BCUT2D eigenvalue weighted by Gasteiger charge is -2.14. The first-order chi connectivity index (χ1) is 19.7. The third-order valence-electron chi connectivity index (χ3n) is 6.88. The second kappa shape index (κ2) is 11.9. The molecule has 41 heavy (non-hydrogen) atoms. The summed E-state index contributed by atoms with van der Waals surface area (Å²) in [6.45, 7) is 4.07. The lowest BCUT2D eigenvalue weighted by atomic mass is 9.92. The predicted octanol–water partition coefficient (Wildman–Crippen LogP) is 6.72. The van der Waals surface area contributed by atoms with Crippen LogP contribution in [0.25, 0.3) is 27.5 Å². The molecule has 5 rings (SSSR count). The summed E-state index contributed by atoms with van der Waals surface area (Å²) in [5.41, 5.74) is 5.01. The molecule has 3 N–H and O–H groups in total. The van der Waals surface area contributed by atoms with Crippen molar-refractivity contribution in [2.24, 2.45) is 5.14 Å². The second-order valence-electron chi connectivity index (χ2n) is 9.58. The molecular weight excluding hydrogens is 566 g/mol. The SMILES string of the molecule is CCC(C)c1c(Cc2ccc([S+](N)[O-])c(F)c2)c(-c2cccc(-c3cccc(F)c3)c2)nn1-c1nc(C(=O)O)cs1. The molecule has 0 fully saturated rings. The minimum Gasteiger partial charge on any atom is -0.593 e. The average Bonchev–Trinajstić information content (AvgIpc) is 3.58. The number of halogens is 2. The highest BCUT2D eigenvalue weighted by atomic mass is 32.2. The molecular formula is C30H26F2N4O3S2. The normalized spacial score (nSPS) is 12.8. The Morgan fingerprint density at radius 2 is 1.80 bits per heavy atom. The van der Waals surface area contributed by atoms with Crippen LogP contribution >= 0.6 is 11.3 Å². The Morgan fingerprint density at radius 1 is 1.10 bits per heavy atom. The van der Waals surface area contributed by atoms with Crippen LogP contribution in [-0.4, -0.2) is 30.4 Å². The topological polar surface area (TPSA) is 117 Å². The highest BCUT2D eigenvalue weighted by Gasteiger charge is 2.26. The summed E-state index contributed by atoms with van der Waals surface area (Å²) in [4.78, 5) is 15.8. The van der Waals surface area contributed by atoms with E-state index in [9.17, 15) is 23.2 Å². The smallest absolute Gasteiger partial charge is 0.355 e. The summed E-state index contributed by atoms with van der Waals surface area (Å²) in [6.07, 6.45) is 1.03. The molecule has 0 aliphatic heterocycles. The van der Waals surface area contributed by atoms with Crippen LogP contribution in [0.3, 0.4) is 0 Å². The molecule has 7 nitrogen and oxygen atoms in total. The third kappa shape index (κ3) is 5.94. The van der Waals surface area contributed by atoms with Gasteiger partial charge < -0.3 is 9.66 Å². The Kier molecular flexibility index (Phi) is 8.32. The Balaban J connectivity index is 1.72. The summed E-state index contributed by atoms with van der Waals surface area (Å²) in [5, 5.41) is 21.7. The van der Waals surface area contributed by atoms with Crippen LogP contribution in [0.15, 0.2) is 77.0 Å². The number of rotatable bonds is 9. The van der Waals surface area contributed by atoms with Gasteiger partial charge in [0.15, 0.2) is 11.5 Å². The minimum absolute atomic E-state index is 0.0181. The highest BCUT2D eigenvalue weighted by molar-refractivity contribution is 7.89. The van der Waals surface area contributed by atoms with Gasteiger partial charge in [-0.1, -0.05) is 50.2 Å². The van der Waals surface area contributed by atoms with Crippen LogP contribution < -0.4 is 5.14 Å². The molecule has 3 aromatic carbocycles. The number of carbonyl (C=O) groups is 1. The molecule has 0 aliphatic rings. The number of nitrogens with two attached hydrogens (primary N) is 1. The zero-order valence-corrected chi connectivity index (χ0v) is 23.8. The maximum absolute atomic E-state index is 14.8. The van der Waals surface area contributed by atoms with Gasteiger partial charge in [-0.2, -0.15) is 5.10 Å². The van der Waals surface area contributed by atoms with E-state index < -0.39 is 23.1 Å². The molecule has 0 radical (unpaired) electrons. The number of nitrogens with zero attached hydrogens (tertiary/aromatic N) is 3. The van der Waals surface area contributed by atoms with Crippen LogP contribution in [-0.2, 0) is 17.8 Å². The molecule has 11 heteroatoms. The first-order valence-corrected chi connectivity index (χ1v) is 14.9. The van der Waals surface area contributed by atoms with Crippen molar-refractivity contribution in [1.29, 1.82) is 0 Å². The number of thiazole rings is 1. The van der Waals surface area contributed by atoms with Crippen molar-refractivity contribution in [2.75, 3.05) is 0 Å². The summed E-state index contributed by atoms with van der Waals surface area (Å²) >= 11 is -0.796. The fraction of sp³-hybridized carbons (Fsp3) is 0.167. The fourth-order valence-electron chi connectivity index (χ4n) is 4.71. The van der Waals surface area contributed by atoms with Gasteiger partial charge in [-0.3, -0.25) is 0 Å². The maximum Gasteiger partial charge on any atom is 0.355 e.